The summed E-state index contributed by atoms with van der Waals surface area (Å²) in [5.41, 5.74) is 0. The van der Waals surface area contributed by atoms with Crippen molar-refractivity contribution in [2.45, 2.75) is 37.8 Å². The molecule has 0 aliphatic carbocycles. The number of piperidine rings is 1. The van der Waals surface area contributed by atoms with Crippen LogP contribution in [0.2, 0.25) is 0 Å². The molecule has 3 rings (SSSR count). The van der Waals surface area contributed by atoms with Crippen molar-refractivity contribution in [2.75, 3.05) is 26.7 Å². The molecule has 2 aliphatic heterocycles. The maximum Gasteiger partial charge on any atom is 0.169 e. The summed E-state index contributed by atoms with van der Waals surface area (Å²) in [6, 6.07) is 5.44. The maximum absolute atomic E-state index is 5.68. The van der Waals surface area contributed by atoms with Crippen LogP contribution in [0.5, 0.6) is 0 Å². The molecule has 1 aromatic rings. The lowest BCUT2D eigenvalue weighted by Gasteiger charge is -2.34. The minimum Gasteiger partial charge on any atom is -0.360 e. The van der Waals surface area contributed by atoms with Gasteiger partial charge in [0.1, 0.15) is 0 Å². The second kappa shape index (κ2) is 6.41. The number of hydrogen-bond acceptors (Lipinski definition) is 3. The number of rotatable bonds is 2. The van der Waals surface area contributed by atoms with Gasteiger partial charge in [0, 0.05) is 17.5 Å². The average molecular weight is 310 g/mol. The van der Waals surface area contributed by atoms with E-state index in [4.69, 9.17) is 12.2 Å². The Balaban J connectivity index is 1.59. The average Bonchev–Trinajstić information content (AvgIpc) is 3.11. The Kier molecular flexibility index (Phi) is 4.58. The van der Waals surface area contributed by atoms with E-state index in [1.807, 2.05) is 11.3 Å². The fourth-order valence-electron chi connectivity index (χ4n) is 3.20. The van der Waals surface area contributed by atoms with Crippen LogP contribution in [0.4, 0.5) is 0 Å². The predicted molar refractivity (Wildman–Crippen MR) is 89.3 cm³/mol. The Hall–Kier alpha value is -0.650. The molecule has 20 heavy (non-hydrogen) atoms. The zero-order valence-corrected chi connectivity index (χ0v) is 13.7. The third kappa shape index (κ3) is 3.15. The molecule has 0 radical (unpaired) electrons. The van der Waals surface area contributed by atoms with Gasteiger partial charge in [0.05, 0.1) is 6.04 Å². The molecular formula is C15H23N3S2. The third-order valence-corrected chi connectivity index (χ3v) is 5.76. The molecule has 0 amide bonds. The lowest BCUT2D eigenvalue weighted by molar-refractivity contribution is 0.243. The fourth-order valence-corrected chi connectivity index (χ4v) is 4.46. The molecule has 0 saturated carbocycles. The highest BCUT2D eigenvalue weighted by Gasteiger charge is 2.29. The van der Waals surface area contributed by atoms with E-state index in [1.54, 1.807) is 0 Å². The van der Waals surface area contributed by atoms with Crippen molar-refractivity contribution in [2.24, 2.45) is 0 Å². The van der Waals surface area contributed by atoms with Crippen LogP contribution in [0.1, 0.15) is 36.6 Å². The van der Waals surface area contributed by atoms with Crippen molar-refractivity contribution < 1.29 is 0 Å². The first-order valence-corrected chi connectivity index (χ1v) is 8.82. The molecule has 2 fully saturated rings. The van der Waals surface area contributed by atoms with Crippen LogP contribution in [-0.2, 0) is 0 Å². The Morgan fingerprint density at radius 3 is 2.80 bits per heavy atom. The van der Waals surface area contributed by atoms with Crippen LogP contribution in [0.3, 0.4) is 0 Å². The highest BCUT2D eigenvalue weighted by molar-refractivity contribution is 7.80. The molecular weight excluding hydrogens is 286 g/mol. The van der Waals surface area contributed by atoms with Gasteiger partial charge in [-0.2, -0.15) is 0 Å². The van der Waals surface area contributed by atoms with Gasteiger partial charge < -0.3 is 15.1 Å². The zero-order chi connectivity index (χ0) is 13.9. The number of nitrogens with one attached hydrogen (secondary N) is 1. The van der Waals surface area contributed by atoms with Gasteiger partial charge in [-0.3, -0.25) is 0 Å². The molecule has 5 heteroatoms. The molecule has 1 N–H and O–H groups in total. The second-order valence-electron chi connectivity index (χ2n) is 5.89. The molecule has 0 bridgehead atoms. The molecule has 0 aromatic carbocycles. The van der Waals surface area contributed by atoms with E-state index >= 15 is 0 Å². The first kappa shape index (κ1) is 14.3. The monoisotopic (exact) mass is 309 g/mol. The van der Waals surface area contributed by atoms with Crippen molar-refractivity contribution in [3.63, 3.8) is 0 Å². The van der Waals surface area contributed by atoms with Gasteiger partial charge in [-0.05, 0) is 69.5 Å². The van der Waals surface area contributed by atoms with Crippen molar-refractivity contribution in [1.82, 2.24) is 15.1 Å². The van der Waals surface area contributed by atoms with E-state index in [-0.39, 0.29) is 0 Å². The van der Waals surface area contributed by atoms with Crippen LogP contribution in [-0.4, -0.2) is 47.6 Å². The number of nitrogens with zero attached hydrogens (tertiary/aromatic N) is 2. The molecule has 3 nitrogen and oxygen atoms in total. The minimum absolute atomic E-state index is 0.501. The van der Waals surface area contributed by atoms with E-state index < -0.39 is 0 Å². The summed E-state index contributed by atoms with van der Waals surface area (Å²) in [5, 5.41) is 6.74. The van der Waals surface area contributed by atoms with E-state index in [9.17, 15) is 0 Å². The SMILES string of the molecule is CN1CCC(NC(=S)N2CCCC2c2cccs2)CC1. The first-order valence-electron chi connectivity index (χ1n) is 7.53. The summed E-state index contributed by atoms with van der Waals surface area (Å²) < 4.78 is 0. The van der Waals surface area contributed by atoms with Gasteiger partial charge in [0.15, 0.2) is 5.11 Å². The number of thiocarbonyl (C=S) groups is 1. The van der Waals surface area contributed by atoms with Gasteiger partial charge in [-0.25, -0.2) is 0 Å². The van der Waals surface area contributed by atoms with Crippen LogP contribution in [0.15, 0.2) is 17.5 Å². The van der Waals surface area contributed by atoms with Crippen LogP contribution < -0.4 is 5.32 Å². The minimum atomic E-state index is 0.501. The molecule has 1 aromatic heterocycles. The number of thiophene rings is 1. The summed E-state index contributed by atoms with van der Waals surface area (Å²) in [5.74, 6) is 0. The fraction of sp³-hybridized carbons (Fsp3) is 0.667. The van der Waals surface area contributed by atoms with E-state index in [0.717, 1.165) is 11.7 Å². The topological polar surface area (TPSA) is 18.5 Å². The van der Waals surface area contributed by atoms with Gasteiger partial charge >= 0.3 is 0 Å². The first-order chi connectivity index (χ1) is 9.74. The summed E-state index contributed by atoms with van der Waals surface area (Å²) in [4.78, 5) is 6.25. The lowest BCUT2D eigenvalue weighted by Crippen LogP contribution is -2.48. The van der Waals surface area contributed by atoms with Gasteiger partial charge in [0.2, 0.25) is 0 Å². The van der Waals surface area contributed by atoms with Gasteiger partial charge in [-0.15, -0.1) is 11.3 Å². The molecule has 0 spiro atoms. The summed E-state index contributed by atoms with van der Waals surface area (Å²) in [6.07, 6.45) is 4.88. The third-order valence-electron chi connectivity index (χ3n) is 4.43. The van der Waals surface area contributed by atoms with Gasteiger partial charge in [-0.1, -0.05) is 6.07 Å². The predicted octanol–water partition coefficient (Wildman–Crippen LogP) is 2.85. The lowest BCUT2D eigenvalue weighted by atomic mass is 10.1. The summed E-state index contributed by atoms with van der Waals surface area (Å²) in [7, 11) is 2.20. The van der Waals surface area contributed by atoms with E-state index in [0.29, 0.717) is 12.1 Å². The molecule has 2 aliphatic rings. The standard InChI is InChI=1S/C15H23N3S2/c1-17-9-6-12(7-10-17)16-15(19)18-8-2-4-13(18)14-5-3-11-20-14/h3,5,11-13H,2,4,6-10H2,1H3,(H,16,19). The Labute approximate surface area is 131 Å². The molecule has 110 valence electrons. The van der Waals surface area contributed by atoms with Crippen LogP contribution >= 0.6 is 23.6 Å². The Morgan fingerprint density at radius 2 is 2.10 bits per heavy atom. The largest absolute Gasteiger partial charge is 0.360 e. The van der Waals surface area contributed by atoms with Crippen LogP contribution in [0.25, 0.3) is 0 Å². The van der Waals surface area contributed by atoms with Crippen molar-refractivity contribution in [3.8, 4) is 0 Å². The summed E-state index contributed by atoms with van der Waals surface area (Å²) in [6.45, 7) is 3.45. The number of hydrogen-bond donors (Lipinski definition) is 1. The number of likely N-dealkylation sites (tertiary alicyclic amines) is 2. The normalized spacial score (nSPS) is 25.1. The molecule has 1 unspecified atom stereocenters. The van der Waals surface area contributed by atoms with E-state index in [1.165, 1.54) is 43.6 Å². The highest BCUT2D eigenvalue weighted by Crippen LogP contribution is 2.34. The van der Waals surface area contributed by atoms with E-state index in [2.05, 4.69) is 39.7 Å². The highest BCUT2D eigenvalue weighted by atomic mass is 32.1. The van der Waals surface area contributed by atoms with Crippen LogP contribution in [0, 0.1) is 0 Å². The second-order valence-corrected chi connectivity index (χ2v) is 7.26. The van der Waals surface area contributed by atoms with Gasteiger partial charge in [0.25, 0.3) is 0 Å². The van der Waals surface area contributed by atoms with Crippen molar-refractivity contribution >= 4 is 28.7 Å². The molecule has 3 heterocycles. The van der Waals surface area contributed by atoms with Crippen molar-refractivity contribution in [1.29, 1.82) is 0 Å². The zero-order valence-electron chi connectivity index (χ0n) is 12.0. The van der Waals surface area contributed by atoms with Crippen molar-refractivity contribution in [3.05, 3.63) is 22.4 Å². The summed E-state index contributed by atoms with van der Waals surface area (Å²) >= 11 is 7.53. The maximum atomic E-state index is 5.68. The quantitative estimate of drug-likeness (QED) is 0.846. The Bertz CT molecular complexity index is 438. The Morgan fingerprint density at radius 1 is 1.30 bits per heavy atom. The smallest absolute Gasteiger partial charge is 0.169 e. The molecule has 2 saturated heterocycles. The molecule has 1 atom stereocenters.